The highest BCUT2D eigenvalue weighted by atomic mass is 16.6. The van der Waals surface area contributed by atoms with Crippen molar-refractivity contribution < 1.29 is 47.6 Å². The molecule has 0 bridgehead atoms. The van der Waals surface area contributed by atoms with Crippen LogP contribution in [0.5, 0.6) is 11.5 Å². The van der Waals surface area contributed by atoms with Crippen LogP contribution in [0, 0.1) is 0 Å². The van der Waals surface area contributed by atoms with E-state index in [1.165, 1.54) is 0 Å². The minimum atomic E-state index is -0.692. The van der Waals surface area contributed by atoms with E-state index in [2.05, 4.69) is 23.8 Å². The number of carbonyl (C=O) groups excluding carboxylic acids is 4. The molecule has 0 atom stereocenters. The van der Waals surface area contributed by atoms with Crippen molar-refractivity contribution >= 4 is 34.9 Å². The van der Waals surface area contributed by atoms with Gasteiger partial charge in [0.05, 0.1) is 26.4 Å². The van der Waals surface area contributed by atoms with Gasteiger partial charge in [-0.15, -0.1) is 0 Å². The van der Waals surface area contributed by atoms with E-state index >= 15 is 0 Å². The van der Waals surface area contributed by atoms with Crippen LogP contribution in [-0.2, 0) is 28.5 Å². The molecular weight excluding hydrogens is 524 g/mol. The fourth-order valence-corrected chi connectivity index (χ4v) is 2.94. The summed E-state index contributed by atoms with van der Waals surface area (Å²) in [6.45, 7) is 11.3. The molecule has 0 fully saturated rings. The van der Waals surface area contributed by atoms with E-state index in [9.17, 15) is 19.2 Å². The number of hydrogen-bond donors (Lipinski definition) is 2. The van der Waals surface area contributed by atoms with Gasteiger partial charge in [0.2, 0.25) is 0 Å². The second-order valence-corrected chi connectivity index (χ2v) is 8.33. The predicted molar refractivity (Wildman–Crippen MR) is 145 cm³/mol. The molecule has 0 spiro atoms. The Morgan fingerprint density at radius 2 is 1.25 bits per heavy atom. The molecule has 12 nitrogen and oxygen atoms in total. The minimum absolute atomic E-state index is 0.0805. The smallest absolute Gasteiger partial charge is 0.412 e. The number of hydrogen-bond acceptors (Lipinski definition) is 10. The highest BCUT2D eigenvalue weighted by molar-refractivity contribution is 5.92. The summed E-state index contributed by atoms with van der Waals surface area (Å²) in [7, 11) is 0. The number of fused-ring (bicyclic) bond motifs is 1. The number of benzene rings is 2. The average Bonchev–Trinajstić information content (AvgIpc) is 2.91. The first-order valence-corrected chi connectivity index (χ1v) is 12.4. The molecule has 0 heterocycles. The molecular formula is C28H34N2O10. The Morgan fingerprint density at radius 1 is 0.700 bits per heavy atom. The Bertz CT molecular complexity index is 1210. The Hall–Kier alpha value is -4.42. The van der Waals surface area contributed by atoms with Crippen molar-refractivity contribution in [1.82, 2.24) is 10.6 Å². The Balaban J connectivity index is 1.73. The molecule has 2 N–H and O–H groups in total. The fraction of sp³-hybridized carbons (Fsp3) is 0.357. The average molecular weight is 559 g/mol. The van der Waals surface area contributed by atoms with Crippen molar-refractivity contribution in [2.45, 2.75) is 13.8 Å². The van der Waals surface area contributed by atoms with Crippen molar-refractivity contribution in [3.05, 3.63) is 60.7 Å². The van der Waals surface area contributed by atoms with E-state index in [-0.39, 0.29) is 64.2 Å². The van der Waals surface area contributed by atoms with Gasteiger partial charge in [-0.3, -0.25) is 0 Å². The predicted octanol–water partition coefficient (Wildman–Crippen LogP) is 3.29. The highest BCUT2D eigenvalue weighted by Crippen LogP contribution is 2.29. The standard InChI is InChI=1S/C28H34N2O10/c1-19(2)25(31)37-16-14-35-12-10-29-27(33)39-22-9-8-21-6-5-7-24(23(21)18-22)40-28(34)30-11-13-36-15-17-38-26(32)20(3)4/h5-9,18H,1,3,10-17H2,2,4H3,(H,29,33)(H,30,34). The third kappa shape index (κ3) is 12.0. The summed E-state index contributed by atoms with van der Waals surface area (Å²) in [6.07, 6.45) is -1.38. The first-order chi connectivity index (χ1) is 19.2. The summed E-state index contributed by atoms with van der Waals surface area (Å²) in [4.78, 5) is 46.9. The molecule has 2 aromatic rings. The molecule has 216 valence electrons. The van der Waals surface area contributed by atoms with Crippen molar-refractivity contribution in [1.29, 1.82) is 0 Å². The lowest BCUT2D eigenvalue weighted by atomic mass is 10.1. The monoisotopic (exact) mass is 558 g/mol. The molecule has 0 saturated carbocycles. The van der Waals surface area contributed by atoms with Gasteiger partial charge >= 0.3 is 24.1 Å². The summed E-state index contributed by atoms with van der Waals surface area (Å²) < 4.78 is 31.1. The van der Waals surface area contributed by atoms with Gasteiger partial charge in [0, 0.05) is 29.6 Å². The summed E-state index contributed by atoms with van der Waals surface area (Å²) in [5, 5.41) is 6.45. The minimum Gasteiger partial charge on any atom is -0.460 e. The van der Waals surface area contributed by atoms with E-state index in [1.807, 2.05) is 6.07 Å². The third-order valence-electron chi connectivity index (χ3n) is 4.88. The second kappa shape index (κ2) is 17.2. The lowest BCUT2D eigenvalue weighted by Gasteiger charge is -2.11. The van der Waals surface area contributed by atoms with Gasteiger partial charge in [-0.25, -0.2) is 19.2 Å². The number of ether oxygens (including phenoxy) is 6. The van der Waals surface area contributed by atoms with Crippen LogP contribution in [0.3, 0.4) is 0 Å². The number of rotatable bonds is 16. The van der Waals surface area contributed by atoms with Gasteiger partial charge in [0.25, 0.3) is 0 Å². The number of amides is 2. The van der Waals surface area contributed by atoms with Gasteiger partial charge in [-0.2, -0.15) is 0 Å². The molecule has 2 amide bonds. The van der Waals surface area contributed by atoms with Gasteiger partial charge in [0.1, 0.15) is 24.7 Å². The summed E-state index contributed by atoms with van der Waals surface area (Å²) >= 11 is 0. The third-order valence-corrected chi connectivity index (χ3v) is 4.88. The number of nitrogens with one attached hydrogen (secondary N) is 2. The summed E-state index contributed by atoms with van der Waals surface area (Å²) in [5.74, 6) is -0.461. The Labute approximate surface area is 232 Å². The second-order valence-electron chi connectivity index (χ2n) is 8.33. The largest absolute Gasteiger partial charge is 0.460 e. The van der Waals surface area contributed by atoms with E-state index in [0.29, 0.717) is 16.5 Å². The normalized spacial score (nSPS) is 10.3. The Kier molecular flexibility index (Phi) is 13.7. The molecule has 2 rings (SSSR count). The first-order valence-electron chi connectivity index (χ1n) is 12.4. The van der Waals surface area contributed by atoms with E-state index in [4.69, 9.17) is 28.4 Å². The molecule has 0 aliphatic rings. The maximum atomic E-state index is 12.2. The fourth-order valence-electron chi connectivity index (χ4n) is 2.94. The van der Waals surface area contributed by atoms with Crippen LogP contribution in [0.15, 0.2) is 60.7 Å². The molecule has 0 unspecified atom stereocenters. The van der Waals surface area contributed by atoms with Crippen molar-refractivity contribution in [3.63, 3.8) is 0 Å². The zero-order valence-electron chi connectivity index (χ0n) is 22.6. The van der Waals surface area contributed by atoms with Crippen molar-refractivity contribution in [3.8, 4) is 11.5 Å². The Morgan fingerprint density at radius 3 is 1.80 bits per heavy atom. The topological polar surface area (TPSA) is 148 Å². The van der Waals surface area contributed by atoms with E-state index in [1.54, 1.807) is 44.2 Å². The molecule has 0 aromatic heterocycles. The maximum Gasteiger partial charge on any atom is 0.412 e. The maximum absolute atomic E-state index is 12.2. The van der Waals surface area contributed by atoms with Crippen LogP contribution in [0.25, 0.3) is 10.8 Å². The van der Waals surface area contributed by atoms with Gasteiger partial charge in [-0.05, 0) is 37.4 Å². The highest BCUT2D eigenvalue weighted by Gasteiger charge is 2.11. The lowest BCUT2D eigenvalue weighted by Crippen LogP contribution is -2.30. The van der Waals surface area contributed by atoms with Crippen molar-refractivity contribution in [2.75, 3.05) is 52.7 Å². The van der Waals surface area contributed by atoms with Crippen LogP contribution in [-0.4, -0.2) is 76.9 Å². The molecule has 0 aliphatic carbocycles. The van der Waals surface area contributed by atoms with Crippen LogP contribution in [0.4, 0.5) is 9.59 Å². The number of carbonyl (C=O) groups is 4. The quantitative estimate of drug-likeness (QED) is 0.179. The SMILES string of the molecule is C=C(C)C(=O)OCCOCCNC(=O)Oc1ccc2cccc(OC(=O)NCCOCCOC(=O)C(=C)C)c2c1. The lowest BCUT2D eigenvalue weighted by molar-refractivity contribution is -0.141. The van der Waals surface area contributed by atoms with Crippen LogP contribution in [0.1, 0.15) is 13.8 Å². The van der Waals surface area contributed by atoms with Crippen LogP contribution in [0.2, 0.25) is 0 Å². The molecule has 2 aromatic carbocycles. The van der Waals surface area contributed by atoms with E-state index in [0.717, 1.165) is 5.39 Å². The zero-order valence-corrected chi connectivity index (χ0v) is 22.6. The van der Waals surface area contributed by atoms with Crippen LogP contribution < -0.4 is 20.1 Å². The van der Waals surface area contributed by atoms with Gasteiger partial charge in [-0.1, -0.05) is 31.4 Å². The van der Waals surface area contributed by atoms with Gasteiger partial charge in [0.15, 0.2) is 0 Å². The molecule has 0 aliphatic heterocycles. The van der Waals surface area contributed by atoms with Gasteiger partial charge < -0.3 is 39.1 Å². The van der Waals surface area contributed by atoms with Crippen LogP contribution >= 0.6 is 0 Å². The van der Waals surface area contributed by atoms with Crippen molar-refractivity contribution in [2.24, 2.45) is 0 Å². The zero-order chi connectivity index (χ0) is 29.3. The summed E-state index contributed by atoms with van der Waals surface area (Å²) in [6, 6.07) is 10.1. The molecule has 0 saturated heterocycles. The number of esters is 2. The summed E-state index contributed by atoms with van der Waals surface area (Å²) in [5.41, 5.74) is 0.609. The first kappa shape index (κ1) is 31.8. The molecule has 40 heavy (non-hydrogen) atoms. The molecule has 12 heteroatoms. The van der Waals surface area contributed by atoms with E-state index < -0.39 is 24.1 Å². The molecule has 0 radical (unpaired) electrons.